The number of anilines is 1. The van der Waals surface area contributed by atoms with Gasteiger partial charge in [-0.1, -0.05) is 11.6 Å². The van der Waals surface area contributed by atoms with Gasteiger partial charge in [0.05, 0.1) is 10.6 Å². The molecule has 0 aliphatic rings. The molecule has 0 atom stereocenters. The van der Waals surface area contributed by atoms with Gasteiger partial charge in [-0.15, -0.1) is 0 Å². The van der Waals surface area contributed by atoms with Crippen LogP contribution in [-0.2, 0) is 6.18 Å². The van der Waals surface area contributed by atoms with Gasteiger partial charge in [0.15, 0.2) is 0 Å². The van der Waals surface area contributed by atoms with E-state index in [0.29, 0.717) is 19.2 Å². The number of alkyl halides is 3. The molecule has 0 aromatic carbocycles. The average Bonchev–Trinajstić information content (AvgIpc) is 2.19. The number of aromatic nitrogens is 1. The number of aliphatic hydroxyl groups is 1. The average molecular weight is 255 g/mol. The summed E-state index contributed by atoms with van der Waals surface area (Å²) in [6.07, 6.45) is -3.26. The third kappa shape index (κ3) is 3.53. The van der Waals surface area contributed by atoms with Crippen molar-refractivity contribution in [2.75, 3.05) is 18.5 Å². The van der Waals surface area contributed by atoms with Crippen LogP contribution in [-0.4, -0.2) is 23.2 Å². The molecule has 1 rings (SSSR count). The molecular formula is C9H10ClF3N2O. The van der Waals surface area contributed by atoms with Crippen molar-refractivity contribution in [1.82, 2.24) is 4.98 Å². The highest BCUT2D eigenvalue weighted by atomic mass is 35.5. The number of pyridine rings is 1. The highest BCUT2D eigenvalue weighted by Crippen LogP contribution is 2.32. The van der Waals surface area contributed by atoms with Gasteiger partial charge in [-0.05, 0) is 12.5 Å². The van der Waals surface area contributed by atoms with Gasteiger partial charge in [0.2, 0.25) is 0 Å². The van der Waals surface area contributed by atoms with E-state index in [9.17, 15) is 13.2 Å². The number of halogens is 4. The Hall–Kier alpha value is -1.01. The first-order chi connectivity index (χ1) is 7.45. The molecule has 0 amide bonds. The second-order valence-electron chi connectivity index (χ2n) is 3.06. The molecule has 16 heavy (non-hydrogen) atoms. The molecule has 0 aliphatic heterocycles. The van der Waals surface area contributed by atoms with Crippen LogP contribution in [0, 0.1) is 0 Å². The molecule has 0 saturated carbocycles. The van der Waals surface area contributed by atoms with Crippen molar-refractivity contribution < 1.29 is 18.3 Å². The van der Waals surface area contributed by atoms with E-state index in [2.05, 4.69) is 10.3 Å². The third-order valence-electron chi connectivity index (χ3n) is 1.80. The van der Waals surface area contributed by atoms with Crippen molar-refractivity contribution in [2.45, 2.75) is 12.6 Å². The molecule has 0 unspecified atom stereocenters. The minimum absolute atomic E-state index is 0.00868. The SMILES string of the molecule is OCCCNc1ncc(C(F)(F)F)cc1Cl. The van der Waals surface area contributed by atoms with E-state index >= 15 is 0 Å². The number of nitrogens with one attached hydrogen (secondary N) is 1. The van der Waals surface area contributed by atoms with Gasteiger partial charge in [0.1, 0.15) is 5.82 Å². The Bertz CT molecular complexity index is 357. The molecule has 2 N–H and O–H groups in total. The number of rotatable bonds is 4. The van der Waals surface area contributed by atoms with Crippen molar-refractivity contribution in [1.29, 1.82) is 0 Å². The highest BCUT2D eigenvalue weighted by molar-refractivity contribution is 6.32. The van der Waals surface area contributed by atoms with Gasteiger partial charge < -0.3 is 10.4 Å². The number of hydrogen-bond donors (Lipinski definition) is 2. The van der Waals surface area contributed by atoms with Gasteiger partial charge in [-0.25, -0.2) is 4.98 Å². The molecule has 90 valence electrons. The lowest BCUT2D eigenvalue weighted by atomic mass is 10.3. The topological polar surface area (TPSA) is 45.1 Å². The Balaban J connectivity index is 2.76. The zero-order valence-corrected chi connectivity index (χ0v) is 8.94. The maximum Gasteiger partial charge on any atom is 0.417 e. The fourth-order valence-corrected chi connectivity index (χ4v) is 1.24. The summed E-state index contributed by atoms with van der Waals surface area (Å²) < 4.78 is 36.8. The third-order valence-corrected chi connectivity index (χ3v) is 2.08. The van der Waals surface area contributed by atoms with Crippen LogP contribution in [0.3, 0.4) is 0 Å². The van der Waals surface area contributed by atoms with Crippen LogP contribution >= 0.6 is 11.6 Å². The Morgan fingerprint density at radius 3 is 2.62 bits per heavy atom. The normalized spacial score (nSPS) is 11.6. The van der Waals surface area contributed by atoms with Crippen LogP contribution < -0.4 is 5.32 Å². The minimum atomic E-state index is -4.44. The van der Waals surface area contributed by atoms with Crippen LogP contribution in [0.1, 0.15) is 12.0 Å². The predicted molar refractivity (Wildman–Crippen MR) is 54.4 cm³/mol. The molecular weight excluding hydrogens is 245 g/mol. The van der Waals surface area contributed by atoms with Gasteiger partial charge in [0, 0.05) is 19.3 Å². The van der Waals surface area contributed by atoms with Crippen molar-refractivity contribution in [2.24, 2.45) is 0 Å². The van der Waals surface area contributed by atoms with E-state index in [1.54, 1.807) is 0 Å². The predicted octanol–water partition coefficient (Wildman–Crippen LogP) is 2.55. The Morgan fingerprint density at radius 1 is 1.44 bits per heavy atom. The molecule has 0 aliphatic carbocycles. The van der Waals surface area contributed by atoms with Crippen molar-refractivity contribution in [3.05, 3.63) is 22.8 Å². The summed E-state index contributed by atoms with van der Waals surface area (Å²) in [5, 5.41) is 11.2. The molecule has 3 nitrogen and oxygen atoms in total. The second-order valence-corrected chi connectivity index (χ2v) is 3.46. The van der Waals surface area contributed by atoms with E-state index < -0.39 is 11.7 Å². The van der Waals surface area contributed by atoms with Gasteiger partial charge in [-0.3, -0.25) is 0 Å². The first kappa shape index (κ1) is 13.1. The molecule has 1 aromatic heterocycles. The maximum absolute atomic E-state index is 12.3. The molecule has 1 aromatic rings. The molecule has 0 saturated heterocycles. The summed E-state index contributed by atoms with van der Waals surface area (Å²) in [6.45, 7) is 0.389. The zero-order valence-electron chi connectivity index (χ0n) is 8.18. The molecule has 7 heteroatoms. The summed E-state index contributed by atoms with van der Waals surface area (Å²) in [7, 11) is 0. The first-order valence-corrected chi connectivity index (χ1v) is 4.90. The summed E-state index contributed by atoms with van der Waals surface area (Å²) in [5.41, 5.74) is -0.884. The molecule has 0 spiro atoms. The van der Waals surface area contributed by atoms with Crippen LogP contribution in [0.2, 0.25) is 5.02 Å². The fourth-order valence-electron chi connectivity index (χ4n) is 1.01. The van der Waals surface area contributed by atoms with Gasteiger partial charge >= 0.3 is 6.18 Å². The Morgan fingerprint density at radius 2 is 2.12 bits per heavy atom. The standard InChI is InChI=1S/C9H10ClF3N2O/c10-7-4-6(9(11,12)13)5-15-8(7)14-2-1-3-16/h4-5,16H,1-3H2,(H,14,15). The highest BCUT2D eigenvalue weighted by Gasteiger charge is 2.31. The van der Waals surface area contributed by atoms with Crippen LogP contribution in [0.5, 0.6) is 0 Å². The lowest BCUT2D eigenvalue weighted by Gasteiger charge is -2.10. The Kier molecular flexibility index (Phi) is 4.37. The van der Waals surface area contributed by atoms with Crippen molar-refractivity contribution in [3.63, 3.8) is 0 Å². The van der Waals surface area contributed by atoms with Crippen LogP contribution in [0.25, 0.3) is 0 Å². The summed E-state index contributed by atoms with van der Waals surface area (Å²) in [4.78, 5) is 3.57. The second kappa shape index (κ2) is 5.36. The van der Waals surface area contributed by atoms with Crippen LogP contribution in [0.15, 0.2) is 12.3 Å². The fraction of sp³-hybridized carbons (Fsp3) is 0.444. The zero-order chi connectivity index (χ0) is 12.2. The molecule has 0 bridgehead atoms. The first-order valence-electron chi connectivity index (χ1n) is 4.52. The number of aliphatic hydroxyl groups excluding tert-OH is 1. The van der Waals surface area contributed by atoms with Crippen molar-refractivity contribution in [3.8, 4) is 0 Å². The molecule has 1 heterocycles. The van der Waals surface area contributed by atoms with Gasteiger partial charge in [0.25, 0.3) is 0 Å². The monoisotopic (exact) mass is 254 g/mol. The van der Waals surface area contributed by atoms with Crippen molar-refractivity contribution >= 4 is 17.4 Å². The largest absolute Gasteiger partial charge is 0.417 e. The maximum atomic E-state index is 12.3. The minimum Gasteiger partial charge on any atom is -0.396 e. The molecule has 0 radical (unpaired) electrons. The Labute approximate surface area is 95.3 Å². The van der Waals surface area contributed by atoms with E-state index in [-0.39, 0.29) is 17.4 Å². The van der Waals surface area contributed by atoms with Crippen LogP contribution in [0.4, 0.5) is 19.0 Å². The van der Waals surface area contributed by atoms with E-state index in [1.807, 2.05) is 0 Å². The van der Waals surface area contributed by atoms with Gasteiger partial charge in [-0.2, -0.15) is 13.2 Å². The summed E-state index contributed by atoms with van der Waals surface area (Å²) in [6, 6.07) is 0.815. The quantitative estimate of drug-likeness (QED) is 0.812. The van der Waals surface area contributed by atoms with E-state index in [1.165, 1.54) is 0 Å². The lowest BCUT2D eigenvalue weighted by molar-refractivity contribution is -0.137. The molecule has 0 fully saturated rings. The number of hydrogen-bond acceptors (Lipinski definition) is 3. The summed E-state index contributed by atoms with van der Waals surface area (Å²) >= 11 is 5.63. The van der Waals surface area contributed by atoms with E-state index in [0.717, 1.165) is 6.07 Å². The smallest absolute Gasteiger partial charge is 0.396 e. The lowest BCUT2D eigenvalue weighted by Crippen LogP contribution is -2.09. The van der Waals surface area contributed by atoms with E-state index in [4.69, 9.17) is 16.7 Å². The summed E-state index contributed by atoms with van der Waals surface area (Å²) in [5.74, 6) is 0.183. The number of nitrogens with zero attached hydrogens (tertiary/aromatic N) is 1.